The Morgan fingerprint density at radius 2 is 1.84 bits per heavy atom. The number of halogens is 3. The van der Waals surface area contributed by atoms with E-state index in [-0.39, 0.29) is 22.9 Å². The van der Waals surface area contributed by atoms with Crippen molar-refractivity contribution >= 4 is 17.5 Å². The molecule has 0 spiro atoms. The van der Waals surface area contributed by atoms with Gasteiger partial charge in [0.2, 0.25) is 5.89 Å². The average molecular weight is 363 g/mol. The second kappa shape index (κ2) is 7.44. The third-order valence-corrected chi connectivity index (χ3v) is 3.81. The number of hydrogen-bond donors (Lipinski definition) is 1. The molecule has 0 saturated heterocycles. The van der Waals surface area contributed by atoms with Crippen LogP contribution in [0.2, 0.25) is 5.02 Å². The van der Waals surface area contributed by atoms with Gasteiger partial charge in [0.05, 0.1) is 16.3 Å². The van der Waals surface area contributed by atoms with Crippen LogP contribution in [0.15, 0.2) is 53.1 Å². The van der Waals surface area contributed by atoms with Gasteiger partial charge in [-0.3, -0.25) is 4.79 Å². The predicted molar refractivity (Wildman–Crippen MR) is 89.3 cm³/mol. The molecule has 3 aromatic rings. The first-order valence-electron chi connectivity index (χ1n) is 7.46. The van der Waals surface area contributed by atoms with E-state index in [0.717, 1.165) is 6.07 Å². The van der Waals surface area contributed by atoms with Crippen LogP contribution in [0.4, 0.5) is 8.78 Å². The fourth-order valence-electron chi connectivity index (χ4n) is 2.22. The fraction of sp³-hybridized carbons (Fsp3) is 0.111. The molecule has 3 rings (SSSR count). The molecular formula is C18H13ClF2N2O2. The molecule has 1 amide bonds. The van der Waals surface area contributed by atoms with E-state index in [0.29, 0.717) is 23.6 Å². The van der Waals surface area contributed by atoms with E-state index in [9.17, 15) is 13.6 Å². The van der Waals surface area contributed by atoms with Crippen molar-refractivity contribution in [1.82, 2.24) is 10.3 Å². The fourth-order valence-corrected chi connectivity index (χ4v) is 2.42. The van der Waals surface area contributed by atoms with Gasteiger partial charge in [-0.05, 0) is 42.5 Å². The van der Waals surface area contributed by atoms with Gasteiger partial charge in [0.1, 0.15) is 17.9 Å². The van der Waals surface area contributed by atoms with Crippen molar-refractivity contribution in [3.8, 4) is 11.5 Å². The van der Waals surface area contributed by atoms with Gasteiger partial charge in [0.25, 0.3) is 5.91 Å². The SMILES string of the molecule is O=C(NCCc1coc(-c2ccc(F)cc2)n1)c1cc(F)ccc1Cl. The molecule has 2 aromatic carbocycles. The summed E-state index contributed by atoms with van der Waals surface area (Å²) in [6.45, 7) is 0.279. The normalized spacial score (nSPS) is 10.7. The van der Waals surface area contributed by atoms with Gasteiger partial charge in [-0.15, -0.1) is 0 Å². The Morgan fingerprint density at radius 3 is 2.60 bits per heavy atom. The number of benzene rings is 2. The van der Waals surface area contributed by atoms with Crippen LogP contribution >= 0.6 is 11.6 Å². The minimum absolute atomic E-state index is 0.0776. The predicted octanol–water partition coefficient (Wildman–Crippen LogP) is 4.25. The van der Waals surface area contributed by atoms with Gasteiger partial charge in [0.15, 0.2) is 0 Å². The molecule has 0 aliphatic heterocycles. The van der Waals surface area contributed by atoms with Crippen LogP contribution in [0.1, 0.15) is 16.1 Å². The Hall–Kier alpha value is -2.73. The number of carbonyl (C=O) groups is 1. The first-order valence-corrected chi connectivity index (χ1v) is 7.84. The number of nitrogens with zero attached hydrogens (tertiary/aromatic N) is 1. The number of amides is 1. The molecule has 1 heterocycles. The highest BCUT2D eigenvalue weighted by molar-refractivity contribution is 6.33. The van der Waals surface area contributed by atoms with E-state index in [4.69, 9.17) is 16.0 Å². The summed E-state index contributed by atoms with van der Waals surface area (Å²) in [6.07, 6.45) is 1.89. The van der Waals surface area contributed by atoms with Gasteiger partial charge in [-0.1, -0.05) is 11.6 Å². The number of carbonyl (C=O) groups excluding carboxylic acids is 1. The Bertz CT molecular complexity index is 894. The summed E-state index contributed by atoms with van der Waals surface area (Å²) in [5.41, 5.74) is 1.36. The van der Waals surface area contributed by atoms with Crippen molar-refractivity contribution in [2.45, 2.75) is 6.42 Å². The van der Waals surface area contributed by atoms with Crippen molar-refractivity contribution in [3.05, 3.63) is 76.6 Å². The zero-order valence-corrected chi connectivity index (χ0v) is 13.7. The number of aromatic nitrogens is 1. The third kappa shape index (κ3) is 4.22. The van der Waals surface area contributed by atoms with Crippen molar-refractivity contribution in [1.29, 1.82) is 0 Å². The zero-order valence-electron chi connectivity index (χ0n) is 12.9. The lowest BCUT2D eigenvalue weighted by Gasteiger charge is -2.05. The van der Waals surface area contributed by atoms with E-state index in [1.807, 2.05) is 0 Å². The number of hydrogen-bond acceptors (Lipinski definition) is 3. The molecule has 0 aliphatic carbocycles. The number of nitrogens with one attached hydrogen (secondary N) is 1. The largest absolute Gasteiger partial charge is 0.444 e. The summed E-state index contributed by atoms with van der Waals surface area (Å²) in [7, 11) is 0. The van der Waals surface area contributed by atoms with Crippen molar-refractivity contribution in [2.75, 3.05) is 6.54 Å². The second-order valence-corrected chi connectivity index (χ2v) is 5.69. The van der Waals surface area contributed by atoms with E-state index >= 15 is 0 Å². The van der Waals surface area contributed by atoms with Gasteiger partial charge in [-0.2, -0.15) is 0 Å². The van der Waals surface area contributed by atoms with Crippen molar-refractivity contribution < 1.29 is 18.0 Å². The third-order valence-electron chi connectivity index (χ3n) is 3.48. The summed E-state index contributed by atoms with van der Waals surface area (Å²) in [6, 6.07) is 9.38. The van der Waals surface area contributed by atoms with E-state index < -0.39 is 11.7 Å². The highest BCUT2D eigenvalue weighted by atomic mass is 35.5. The molecule has 0 saturated carbocycles. The first kappa shape index (κ1) is 17.1. The zero-order chi connectivity index (χ0) is 17.8. The molecule has 1 N–H and O–H groups in total. The Balaban J connectivity index is 1.58. The molecule has 4 nitrogen and oxygen atoms in total. The summed E-state index contributed by atoms with van der Waals surface area (Å²) < 4.78 is 31.5. The molecule has 0 atom stereocenters. The molecule has 1 aromatic heterocycles. The van der Waals surface area contributed by atoms with Crippen LogP contribution in [0.3, 0.4) is 0 Å². The van der Waals surface area contributed by atoms with Crippen LogP contribution < -0.4 is 5.32 Å². The van der Waals surface area contributed by atoms with Crippen LogP contribution in [0.25, 0.3) is 11.5 Å². The van der Waals surface area contributed by atoms with Crippen LogP contribution in [0, 0.1) is 11.6 Å². The Kier molecular flexibility index (Phi) is 5.09. The molecule has 0 unspecified atom stereocenters. The maximum Gasteiger partial charge on any atom is 0.252 e. The minimum atomic E-state index is -0.532. The number of rotatable bonds is 5. The Labute approximate surface area is 147 Å². The first-order chi connectivity index (χ1) is 12.0. The molecule has 7 heteroatoms. The van der Waals surface area contributed by atoms with Gasteiger partial charge in [-0.25, -0.2) is 13.8 Å². The molecule has 0 radical (unpaired) electrons. The highest BCUT2D eigenvalue weighted by Crippen LogP contribution is 2.19. The van der Waals surface area contributed by atoms with Gasteiger partial charge < -0.3 is 9.73 Å². The molecule has 0 aliphatic rings. The second-order valence-electron chi connectivity index (χ2n) is 5.28. The van der Waals surface area contributed by atoms with E-state index in [2.05, 4.69) is 10.3 Å². The maximum absolute atomic E-state index is 13.2. The molecular weight excluding hydrogens is 350 g/mol. The molecule has 25 heavy (non-hydrogen) atoms. The van der Waals surface area contributed by atoms with E-state index in [1.165, 1.54) is 30.5 Å². The van der Waals surface area contributed by atoms with Crippen LogP contribution in [-0.2, 0) is 6.42 Å². The summed E-state index contributed by atoms with van der Waals surface area (Å²) in [5, 5.41) is 2.83. The Morgan fingerprint density at radius 1 is 1.12 bits per heavy atom. The minimum Gasteiger partial charge on any atom is -0.444 e. The van der Waals surface area contributed by atoms with Crippen LogP contribution in [0.5, 0.6) is 0 Å². The lowest BCUT2D eigenvalue weighted by atomic mass is 10.2. The standard InChI is InChI=1S/C18H13ClF2N2O2/c19-16-6-5-13(21)9-15(16)17(24)22-8-7-14-10-25-18(23-14)11-1-3-12(20)4-2-11/h1-6,9-10H,7-8H2,(H,22,24). The molecule has 128 valence electrons. The van der Waals surface area contributed by atoms with Crippen molar-refractivity contribution in [3.63, 3.8) is 0 Å². The molecule has 0 fully saturated rings. The summed E-state index contributed by atoms with van der Waals surface area (Å²) in [5.74, 6) is -0.967. The number of oxazole rings is 1. The quantitative estimate of drug-likeness (QED) is 0.738. The van der Waals surface area contributed by atoms with E-state index in [1.54, 1.807) is 12.1 Å². The maximum atomic E-state index is 13.2. The lowest BCUT2D eigenvalue weighted by Crippen LogP contribution is -2.26. The summed E-state index contributed by atoms with van der Waals surface area (Å²) in [4.78, 5) is 16.3. The highest BCUT2D eigenvalue weighted by Gasteiger charge is 2.12. The smallest absolute Gasteiger partial charge is 0.252 e. The summed E-state index contributed by atoms with van der Waals surface area (Å²) >= 11 is 5.89. The van der Waals surface area contributed by atoms with Crippen molar-refractivity contribution in [2.24, 2.45) is 0 Å². The topological polar surface area (TPSA) is 55.1 Å². The molecule has 0 bridgehead atoms. The van der Waals surface area contributed by atoms with Gasteiger partial charge in [0, 0.05) is 18.5 Å². The van der Waals surface area contributed by atoms with Gasteiger partial charge >= 0.3 is 0 Å². The monoisotopic (exact) mass is 362 g/mol. The van der Waals surface area contributed by atoms with Crippen LogP contribution in [-0.4, -0.2) is 17.4 Å². The average Bonchev–Trinajstić information content (AvgIpc) is 3.06. The lowest BCUT2D eigenvalue weighted by molar-refractivity contribution is 0.0953.